The number of benzene rings is 2. The van der Waals surface area contributed by atoms with Crippen LogP contribution in [0.1, 0.15) is 94.3 Å². The first-order valence-electron chi connectivity index (χ1n) is 14.8. The van der Waals surface area contributed by atoms with Gasteiger partial charge >= 0.3 is 0 Å². The lowest BCUT2D eigenvalue weighted by Gasteiger charge is -2.19. The van der Waals surface area contributed by atoms with E-state index in [9.17, 15) is 4.79 Å². The quantitative estimate of drug-likeness (QED) is 0.114. The van der Waals surface area contributed by atoms with E-state index >= 15 is 0 Å². The fourth-order valence-corrected chi connectivity index (χ4v) is 4.70. The number of ketones is 1. The number of ether oxygens (including phenoxy) is 3. The minimum absolute atomic E-state index is 0.0800. The molecule has 0 aliphatic rings. The number of carbonyl (C=O) groups is 1. The number of carbonyl (C=O) groups excluding carboxylic acids is 1. The van der Waals surface area contributed by atoms with E-state index < -0.39 is 0 Å². The third kappa shape index (κ3) is 11.2. The maximum atomic E-state index is 13.0. The van der Waals surface area contributed by atoms with Gasteiger partial charge < -0.3 is 14.2 Å². The van der Waals surface area contributed by atoms with Crippen LogP contribution in [0.3, 0.4) is 0 Å². The van der Waals surface area contributed by atoms with Crippen molar-refractivity contribution >= 4 is 11.9 Å². The largest absolute Gasteiger partial charge is 0.497 e. The molecule has 42 heavy (non-hydrogen) atoms. The molecule has 0 atom stereocenters. The molecular weight excluding hydrogens is 520 g/mol. The second-order valence-corrected chi connectivity index (χ2v) is 11.2. The standard InChI is InChI=1S/C38H50O4/c1-27(2)12-10-14-29(5)16-18-32-26-33(21-25-36(39)31-19-22-34(40-7)23-20-31)38(42-9)35(37(32)41-8)24-17-30(6)15-11-13-28(3)4/h12-13,16-17,19-23,25-26H,10-11,14-15,18,24H2,1-9H3/b25-21?,29-16+,30-17+. The Bertz CT molecular complexity index is 1330. The van der Waals surface area contributed by atoms with Crippen LogP contribution in [-0.4, -0.2) is 27.1 Å². The lowest BCUT2D eigenvalue weighted by Crippen LogP contribution is -2.03. The first kappa shape index (κ1) is 34.4. The Balaban J connectivity index is 2.51. The summed E-state index contributed by atoms with van der Waals surface area (Å²) in [4.78, 5) is 13.0. The zero-order chi connectivity index (χ0) is 31.1. The van der Waals surface area contributed by atoms with Crippen molar-refractivity contribution in [2.75, 3.05) is 21.3 Å². The summed E-state index contributed by atoms with van der Waals surface area (Å²) in [6, 6.07) is 9.23. The van der Waals surface area contributed by atoms with Crippen LogP contribution in [0.2, 0.25) is 0 Å². The molecule has 0 aliphatic carbocycles. The summed E-state index contributed by atoms with van der Waals surface area (Å²) in [7, 11) is 5.02. The number of rotatable bonds is 16. The van der Waals surface area contributed by atoms with Gasteiger partial charge in [0, 0.05) is 16.7 Å². The van der Waals surface area contributed by atoms with Crippen LogP contribution in [0.15, 0.2) is 83.0 Å². The number of hydrogen-bond acceptors (Lipinski definition) is 4. The van der Waals surface area contributed by atoms with Crippen LogP contribution in [0.5, 0.6) is 17.2 Å². The summed E-state index contributed by atoms with van der Waals surface area (Å²) >= 11 is 0. The van der Waals surface area contributed by atoms with Gasteiger partial charge in [0.15, 0.2) is 5.78 Å². The lowest BCUT2D eigenvalue weighted by atomic mass is 9.95. The molecule has 0 N–H and O–H groups in total. The van der Waals surface area contributed by atoms with Crippen LogP contribution in [0.25, 0.3) is 6.08 Å². The number of methoxy groups -OCH3 is 3. The van der Waals surface area contributed by atoms with Crippen molar-refractivity contribution in [3.05, 3.63) is 105 Å². The van der Waals surface area contributed by atoms with Crippen molar-refractivity contribution in [1.82, 2.24) is 0 Å². The molecule has 0 saturated carbocycles. The third-order valence-electron chi connectivity index (χ3n) is 7.14. The van der Waals surface area contributed by atoms with Gasteiger partial charge in [-0.2, -0.15) is 0 Å². The van der Waals surface area contributed by atoms with Gasteiger partial charge in [0.2, 0.25) is 0 Å². The Morgan fingerprint density at radius 1 is 0.690 bits per heavy atom. The van der Waals surface area contributed by atoms with Gasteiger partial charge in [-0.05, 0) is 128 Å². The van der Waals surface area contributed by atoms with Gasteiger partial charge in [0.1, 0.15) is 17.2 Å². The Morgan fingerprint density at radius 3 is 1.74 bits per heavy atom. The second-order valence-electron chi connectivity index (χ2n) is 11.2. The number of allylic oxidation sites excluding steroid dienone is 9. The van der Waals surface area contributed by atoms with E-state index in [0.717, 1.165) is 66.0 Å². The summed E-state index contributed by atoms with van der Waals surface area (Å²) < 4.78 is 17.2. The zero-order valence-corrected chi connectivity index (χ0v) is 27.2. The van der Waals surface area contributed by atoms with Crippen molar-refractivity contribution in [2.45, 2.75) is 80.1 Å². The Labute approximate surface area is 254 Å². The van der Waals surface area contributed by atoms with Crippen molar-refractivity contribution in [3.63, 3.8) is 0 Å². The van der Waals surface area contributed by atoms with Gasteiger partial charge in [-0.3, -0.25) is 4.79 Å². The van der Waals surface area contributed by atoms with Crippen LogP contribution in [0.4, 0.5) is 0 Å². The summed E-state index contributed by atoms with van der Waals surface area (Å²) in [6.45, 7) is 12.9. The Hall–Kier alpha value is -3.79. The molecule has 2 aromatic rings. The smallest absolute Gasteiger partial charge is 0.185 e. The molecule has 0 fully saturated rings. The predicted molar refractivity (Wildman–Crippen MR) is 178 cm³/mol. The molecule has 0 heterocycles. The zero-order valence-electron chi connectivity index (χ0n) is 27.2. The summed E-state index contributed by atoms with van der Waals surface area (Å²) in [6.07, 6.45) is 18.1. The molecule has 0 amide bonds. The molecule has 0 bridgehead atoms. The van der Waals surface area contributed by atoms with Crippen molar-refractivity contribution < 1.29 is 19.0 Å². The molecule has 0 unspecified atom stereocenters. The van der Waals surface area contributed by atoms with Gasteiger partial charge in [-0.1, -0.05) is 46.6 Å². The van der Waals surface area contributed by atoms with E-state index in [1.807, 2.05) is 6.08 Å². The molecule has 0 saturated heterocycles. The molecule has 226 valence electrons. The van der Waals surface area contributed by atoms with Crippen molar-refractivity contribution in [3.8, 4) is 17.2 Å². The van der Waals surface area contributed by atoms with Crippen molar-refractivity contribution in [2.24, 2.45) is 0 Å². The Morgan fingerprint density at radius 2 is 1.24 bits per heavy atom. The van der Waals surface area contributed by atoms with E-state index in [0.29, 0.717) is 12.0 Å². The highest BCUT2D eigenvalue weighted by Crippen LogP contribution is 2.38. The highest BCUT2D eigenvalue weighted by atomic mass is 16.5. The van der Waals surface area contributed by atoms with Crippen LogP contribution < -0.4 is 14.2 Å². The minimum Gasteiger partial charge on any atom is -0.497 e. The SMILES string of the molecule is COc1ccc(C(=O)C=Cc2cc(C/C=C(\C)CCC=C(C)C)c(OC)c(C/C=C(\C)CCC=C(C)C)c2OC)cc1. The normalized spacial score (nSPS) is 11.8. The van der Waals surface area contributed by atoms with E-state index in [1.54, 1.807) is 51.7 Å². The lowest BCUT2D eigenvalue weighted by molar-refractivity contribution is 0.104. The molecule has 0 spiro atoms. The molecule has 0 radical (unpaired) electrons. The molecule has 2 rings (SSSR count). The van der Waals surface area contributed by atoms with E-state index in [-0.39, 0.29) is 5.78 Å². The average Bonchev–Trinajstić information content (AvgIpc) is 2.96. The molecule has 4 heteroatoms. The predicted octanol–water partition coefficient (Wildman–Crippen LogP) is 10.1. The summed E-state index contributed by atoms with van der Waals surface area (Å²) in [5, 5.41) is 0. The average molecular weight is 571 g/mol. The van der Waals surface area contributed by atoms with Crippen LogP contribution >= 0.6 is 0 Å². The summed E-state index contributed by atoms with van der Waals surface area (Å²) in [5.74, 6) is 2.21. The highest BCUT2D eigenvalue weighted by Gasteiger charge is 2.18. The molecule has 4 nitrogen and oxygen atoms in total. The molecular formula is C38H50O4. The first-order chi connectivity index (χ1) is 20.1. The van der Waals surface area contributed by atoms with Crippen molar-refractivity contribution in [1.29, 1.82) is 0 Å². The molecule has 2 aromatic carbocycles. The van der Waals surface area contributed by atoms with Gasteiger partial charge in [0.25, 0.3) is 0 Å². The Kier molecular flexibility index (Phi) is 14.7. The fourth-order valence-electron chi connectivity index (χ4n) is 4.70. The maximum absolute atomic E-state index is 13.0. The van der Waals surface area contributed by atoms with Gasteiger partial charge in [-0.15, -0.1) is 0 Å². The summed E-state index contributed by atoms with van der Waals surface area (Å²) in [5.41, 5.74) is 8.87. The fraction of sp³-hybridized carbons (Fsp3) is 0.395. The van der Waals surface area contributed by atoms with Crippen LogP contribution in [-0.2, 0) is 12.8 Å². The van der Waals surface area contributed by atoms with Gasteiger partial charge in [-0.25, -0.2) is 0 Å². The first-order valence-corrected chi connectivity index (χ1v) is 14.8. The monoisotopic (exact) mass is 570 g/mol. The third-order valence-corrected chi connectivity index (χ3v) is 7.14. The molecule has 0 aromatic heterocycles. The second kappa shape index (κ2) is 17.9. The van der Waals surface area contributed by atoms with Crippen LogP contribution in [0, 0.1) is 0 Å². The van der Waals surface area contributed by atoms with E-state index in [4.69, 9.17) is 14.2 Å². The van der Waals surface area contributed by atoms with Gasteiger partial charge in [0.05, 0.1) is 21.3 Å². The topological polar surface area (TPSA) is 44.8 Å². The van der Waals surface area contributed by atoms with E-state index in [2.05, 4.69) is 71.9 Å². The number of hydrogen-bond donors (Lipinski definition) is 0. The van der Waals surface area contributed by atoms with E-state index in [1.165, 1.54) is 22.3 Å². The molecule has 0 aliphatic heterocycles. The highest BCUT2D eigenvalue weighted by molar-refractivity contribution is 6.07. The maximum Gasteiger partial charge on any atom is 0.185 e. The minimum atomic E-state index is -0.0800.